The lowest BCUT2D eigenvalue weighted by Crippen LogP contribution is -2.36. The van der Waals surface area contributed by atoms with Crippen LogP contribution < -0.4 is 5.32 Å². The van der Waals surface area contributed by atoms with E-state index in [9.17, 15) is 4.79 Å². The number of nitrogens with zero attached hydrogens (tertiary/aromatic N) is 2. The van der Waals surface area contributed by atoms with Crippen LogP contribution in [0, 0.1) is 6.92 Å². The Hall–Kier alpha value is -2.82. The molecule has 0 aliphatic rings. The Kier molecular flexibility index (Phi) is 4.51. The van der Waals surface area contributed by atoms with E-state index in [1.54, 1.807) is 23.4 Å². The van der Waals surface area contributed by atoms with Gasteiger partial charge in [0.1, 0.15) is 11.3 Å². The van der Waals surface area contributed by atoms with Crippen molar-refractivity contribution in [2.24, 2.45) is 0 Å². The first-order valence-electron chi connectivity index (χ1n) is 8.07. The van der Waals surface area contributed by atoms with Crippen LogP contribution in [0.1, 0.15) is 31.2 Å². The van der Waals surface area contributed by atoms with Crippen LogP contribution in [0.2, 0.25) is 0 Å². The number of nitrogens with one attached hydrogen (secondary N) is 1. The maximum absolute atomic E-state index is 12.7. The highest BCUT2D eigenvalue weighted by Gasteiger charge is 2.23. The van der Waals surface area contributed by atoms with Crippen LogP contribution in [-0.4, -0.2) is 22.5 Å². The van der Waals surface area contributed by atoms with Crippen LogP contribution in [-0.2, 0) is 0 Å². The quantitative estimate of drug-likeness (QED) is 0.753. The summed E-state index contributed by atoms with van der Waals surface area (Å²) in [6.07, 6.45) is 3.40. The molecule has 5 nitrogen and oxygen atoms in total. The molecular formula is C19H21N3O2. The Morgan fingerprint density at radius 2 is 2.12 bits per heavy atom. The molecule has 24 heavy (non-hydrogen) atoms. The predicted molar refractivity (Wildman–Crippen MR) is 95.0 cm³/mol. The summed E-state index contributed by atoms with van der Waals surface area (Å²) in [5, 5.41) is 3.99. The third kappa shape index (κ3) is 3.11. The average Bonchev–Trinajstić information content (AvgIpc) is 3.01. The fourth-order valence-corrected chi connectivity index (χ4v) is 2.76. The monoisotopic (exact) mass is 323 g/mol. The number of para-hydroxylation sites is 1. The lowest BCUT2D eigenvalue weighted by Gasteiger charge is -2.27. The van der Waals surface area contributed by atoms with Gasteiger partial charge < -0.3 is 14.6 Å². The van der Waals surface area contributed by atoms with E-state index in [1.165, 1.54) is 0 Å². The maximum Gasteiger partial charge on any atom is 0.322 e. The van der Waals surface area contributed by atoms with E-state index in [0.717, 1.165) is 28.0 Å². The Labute approximate surface area is 141 Å². The molecule has 1 aromatic carbocycles. The molecule has 0 aliphatic heterocycles. The minimum absolute atomic E-state index is 0.153. The molecule has 1 N–H and O–H groups in total. The van der Waals surface area contributed by atoms with E-state index in [2.05, 4.69) is 10.3 Å². The van der Waals surface area contributed by atoms with Crippen molar-refractivity contribution in [1.29, 1.82) is 0 Å². The highest BCUT2D eigenvalue weighted by Crippen LogP contribution is 2.28. The normalized spacial score (nSPS) is 12.1. The van der Waals surface area contributed by atoms with Gasteiger partial charge in [-0.2, -0.15) is 0 Å². The van der Waals surface area contributed by atoms with Crippen molar-refractivity contribution in [3.63, 3.8) is 0 Å². The smallest absolute Gasteiger partial charge is 0.322 e. The van der Waals surface area contributed by atoms with Gasteiger partial charge in [0.2, 0.25) is 0 Å². The number of benzene rings is 1. The number of rotatable bonds is 4. The van der Waals surface area contributed by atoms with Gasteiger partial charge in [-0.15, -0.1) is 0 Å². The Balaban J connectivity index is 1.81. The summed E-state index contributed by atoms with van der Waals surface area (Å²) in [5.74, 6) is 0.777. The van der Waals surface area contributed by atoms with Gasteiger partial charge in [-0.25, -0.2) is 4.79 Å². The molecule has 0 saturated carbocycles. The molecule has 124 valence electrons. The van der Waals surface area contributed by atoms with Crippen molar-refractivity contribution in [2.75, 3.05) is 11.9 Å². The van der Waals surface area contributed by atoms with Gasteiger partial charge in [-0.1, -0.05) is 18.2 Å². The van der Waals surface area contributed by atoms with Gasteiger partial charge in [0.15, 0.2) is 0 Å². The third-order valence-corrected chi connectivity index (χ3v) is 4.19. The molecule has 0 aliphatic carbocycles. The van der Waals surface area contributed by atoms with E-state index in [0.29, 0.717) is 6.54 Å². The van der Waals surface area contributed by atoms with Crippen molar-refractivity contribution in [3.8, 4) is 0 Å². The first-order valence-corrected chi connectivity index (χ1v) is 8.07. The lowest BCUT2D eigenvalue weighted by atomic mass is 10.2. The number of carbonyl (C=O) groups excluding carboxylic acids is 1. The summed E-state index contributed by atoms with van der Waals surface area (Å²) >= 11 is 0. The standard InChI is InChI=1S/C19H21N3O2/c1-4-22(19(23)21-16-9-10-20-12-13(16)2)14(3)18-11-15-7-5-6-8-17(15)24-18/h5-12,14H,4H2,1-3H3,(H,20,21,23). The zero-order chi connectivity index (χ0) is 17.1. The predicted octanol–water partition coefficient (Wildman–Crippen LogP) is 4.75. The van der Waals surface area contributed by atoms with Crippen LogP contribution >= 0.6 is 0 Å². The van der Waals surface area contributed by atoms with E-state index in [-0.39, 0.29) is 12.1 Å². The number of furan rings is 1. The number of urea groups is 1. The minimum atomic E-state index is -0.162. The highest BCUT2D eigenvalue weighted by atomic mass is 16.3. The molecule has 2 heterocycles. The number of hydrogen-bond acceptors (Lipinski definition) is 3. The fraction of sp³-hybridized carbons (Fsp3) is 0.263. The zero-order valence-electron chi connectivity index (χ0n) is 14.1. The van der Waals surface area contributed by atoms with Gasteiger partial charge in [0, 0.05) is 30.0 Å². The topological polar surface area (TPSA) is 58.4 Å². The van der Waals surface area contributed by atoms with E-state index < -0.39 is 0 Å². The van der Waals surface area contributed by atoms with E-state index in [4.69, 9.17) is 4.42 Å². The maximum atomic E-state index is 12.7. The summed E-state index contributed by atoms with van der Waals surface area (Å²) in [6, 6.07) is 11.3. The molecule has 0 saturated heterocycles. The first kappa shape index (κ1) is 16.1. The molecule has 0 radical (unpaired) electrons. The molecule has 2 aromatic heterocycles. The van der Waals surface area contributed by atoms with Gasteiger partial charge in [-0.3, -0.25) is 4.98 Å². The Morgan fingerprint density at radius 1 is 1.33 bits per heavy atom. The number of amides is 2. The highest BCUT2D eigenvalue weighted by molar-refractivity contribution is 5.90. The van der Waals surface area contributed by atoms with Crippen molar-refractivity contribution >= 4 is 22.7 Å². The summed E-state index contributed by atoms with van der Waals surface area (Å²) < 4.78 is 5.91. The van der Waals surface area contributed by atoms with E-state index >= 15 is 0 Å². The summed E-state index contributed by atoms with van der Waals surface area (Å²) in [4.78, 5) is 18.5. The molecule has 0 bridgehead atoms. The molecular weight excluding hydrogens is 302 g/mol. The second-order valence-electron chi connectivity index (χ2n) is 5.77. The van der Waals surface area contributed by atoms with Crippen molar-refractivity contribution in [2.45, 2.75) is 26.8 Å². The summed E-state index contributed by atoms with van der Waals surface area (Å²) in [7, 11) is 0. The number of anilines is 1. The van der Waals surface area contributed by atoms with E-state index in [1.807, 2.05) is 51.1 Å². The first-order chi connectivity index (χ1) is 11.6. The van der Waals surface area contributed by atoms with Crippen LogP contribution in [0.3, 0.4) is 0 Å². The van der Waals surface area contributed by atoms with Crippen molar-refractivity contribution in [3.05, 3.63) is 60.1 Å². The SMILES string of the molecule is CCN(C(=O)Nc1ccncc1C)C(C)c1cc2ccccc2o1. The second kappa shape index (κ2) is 6.74. The van der Waals surface area contributed by atoms with Crippen LogP contribution in [0.25, 0.3) is 11.0 Å². The average molecular weight is 323 g/mol. The molecule has 1 atom stereocenters. The number of hydrogen-bond donors (Lipinski definition) is 1. The van der Waals surface area contributed by atoms with Gasteiger partial charge >= 0.3 is 6.03 Å². The zero-order valence-corrected chi connectivity index (χ0v) is 14.1. The van der Waals surface area contributed by atoms with Crippen molar-refractivity contribution in [1.82, 2.24) is 9.88 Å². The second-order valence-corrected chi connectivity index (χ2v) is 5.77. The molecule has 2 amide bonds. The lowest BCUT2D eigenvalue weighted by molar-refractivity contribution is 0.189. The van der Waals surface area contributed by atoms with Gasteiger partial charge in [-0.05, 0) is 44.5 Å². The van der Waals surface area contributed by atoms with Gasteiger partial charge in [0.25, 0.3) is 0 Å². The minimum Gasteiger partial charge on any atom is -0.459 e. The summed E-state index contributed by atoms with van der Waals surface area (Å²) in [5.41, 5.74) is 2.53. The molecule has 0 spiro atoms. The van der Waals surface area contributed by atoms with Crippen LogP contribution in [0.15, 0.2) is 53.2 Å². The molecule has 3 rings (SSSR count). The number of carbonyl (C=O) groups is 1. The molecule has 3 aromatic rings. The molecule has 0 fully saturated rings. The number of pyridine rings is 1. The van der Waals surface area contributed by atoms with Gasteiger partial charge in [0.05, 0.1) is 6.04 Å². The number of aromatic nitrogens is 1. The molecule has 1 unspecified atom stereocenters. The number of aryl methyl sites for hydroxylation is 1. The Bertz CT molecular complexity index is 823. The van der Waals surface area contributed by atoms with Crippen molar-refractivity contribution < 1.29 is 9.21 Å². The fourth-order valence-electron chi connectivity index (χ4n) is 2.76. The Morgan fingerprint density at radius 3 is 2.83 bits per heavy atom. The third-order valence-electron chi connectivity index (χ3n) is 4.19. The molecule has 5 heteroatoms. The van der Waals surface area contributed by atoms with Crippen LogP contribution in [0.4, 0.5) is 10.5 Å². The number of fused-ring (bicyclic) bond motifs is 1. The van der Waals surface area contributed by atoms with Crippen LogP contribution in [0.5, 0.6) is 0 Å². The summed E-state index contributed by atoms with van der Waals surface area (Å²) in [6.45, 7) is 6.42. The largest absolute Gasteiger partial charge is 0.459 e.